The number of carbonyl (C=O) groups excluding carboxylic acids is 1. The summed E-state index contributed by atoms with van der Waals surface area (Å²) in [5, 5.41) is 3.98. The highest BCUT2D eigenvalue weighted by Crippen LogP contribution is 2.24. The first-order valence-electron chi connectivity index (χ1n) is 9.44. The van der Waals surface area contributed by atoms with Crippen LogP contribution in [0.3, 0.4) is 0 Å². The van der Waals surface area contributed by atoms with Gasteiger partial charge in [0.25, 0.3) is 0 Å². The summed E-state index contributed by atoms with van der Waals surface area (Å²) in [5.74, 6) is 2.30. The number of fused-ring (bicyclic) bond motifs is 1. The van der Waals surface area contributed by atoms with Crippen molar-refractivity contribution in [2.75, 3.05) is 7.11 Å². The second-order valence-corrected chi connectivity index (χ2v) is 6.74. The lowest BCUT2D eigenvalue weighted by Crippen LogP contribution is -2.24. The van der Waals surface area contributed by atoms with Crippen LogP contribution < -0.4 is 14.8 Å². The Labute approximate surface area is 169 Å². The molecule has 0 bridgehead atoms. The molecule has 1 heterocycles. The van der Waals surface area contributed by atoms with E-state index in [4.69, 9.17) is 9.47 Å². The minimum Gasteiger partial charge on any atom is -0.497 e. The van der Waals surface area contributed by atoms with Crippen LogP contribution in [0.15, 0.2) is 79.0 Å². The van der Waals surface area contributed by atoms with Crippen LogP contribution in [-0.4, -0.2) is 18.0 Å². The van der Waals surface area contributed by atoms with E-state index < -0.39 is 0 Å². The molecule has 29 heavy (non-hydrogen) atoms. The molecule has 0 radical (unpaired) electrons. The molecule has 1 aromatic heterocycles. The summed E-state index contributed by atoms with van der Waals surface area (Å²) in [6, 6.07) is 23.1. The number of aromatic amines is 1. The standard InChI is InChI=1S/C24H22N2O3/c1-28-21-11-12-23-22(14-21)18(16-25-23)13-24(27)26-15-17-7-9-20(10-8-17)29-19-5-3-2-4-6-19/h2-12,14,16,25H,13,15H2,1H3,(H,26,27). The second-order valence-electron chi connectivity index (χ2n) is 6.74. The summed E-state index contributed by atoms with van der Waals surface area (Å²) in [4.78, 5) is 15.6. The number of para-hydroxylation sites is 1. The van der Waals surface area contributed by atoms with Crippen molar-refractivity contribution in [3.8, 4) is 17.2 Å². The van der Waals surface area contributed by atoms with E-state index in [9.17, 15) is 4.79 Å². The van der Waals surface area contributed by atoms with Gasteiger partial charge in [-0.15, -0.1) is 0 Å². The average molecular weight is 386 g/mol. The van der Waals surface area contributed by atoms with Crippen molar-refractivity contribution in [2.45, 2.75) is 13.0 Å². The Balaban J connectivity index is 1.34. The number of nitrogens with one attached hydrogen (secondary N) is 2. The van der Waals surface area contributed by atoms with Crippen molar-refractivity contribution in [1.29, 1.82) is 0 Å². The predicted molar refractivity (Wildman–Crippen MR) is 113 cm³/mol. The van der Waals surface area contributed by atoms with E-state index in [1.54, 1.807) is 7.11 Å². The van der Waals surface area contributed by atoms with Gasteiger partial charge in [-0.3, -0.25) is 4.79 Å². The third-order valence-electron chi connectivity index (χ3n) is 4.72. The zero-order chi connectivity index (χ0) is 20.1. The minimum absolute atomic E-state index is 0.0293. The van der Waals surface area contributed by atoms with Gasteiger partial charge in [-0.2, -0.15) is 0 Å². The Bertz CT molecular complexity index is 1100. The molecule has 5 nitrogen and oxygen atoms in total. The predicted octanol–water partition coefficient (Wildman–Crippen LogP) is 4.83. The number of hydrogen-bond donors (Lipinski definition) is 2. The summed E-state index contributed by atoms with van der Waals surface area (Å²) in [5.41, 5.74) is 2.95. The fraction of sp³-hybridized carbons (Fsp3) is 0.125. The Hall–Kier alpha value is -3.73. The van der Waals surface area contributed by atoms with Crippen molar-refractivity contribution in [3.63, 3.8) is 0 Å². The van der Waals surface area contributed by atoms with Gasteiger partial charge >= 0.3 is 0 Å². The molecule has 3 aromatic carbocycles. The van der Waals surface area contributed by atoms with E-state index in [-0.39, 0.29) is 5.91 Å². The van der Waals surface area contributed by atoms with E-state index in [0.717, 1.165) is 39.3 Å². The molecule has 0 saturated heterocycles. The van der Waals surface area contributed by atoms with Gasteiger partial charge in [0.05, 0.1) is 13.5 Å². The number of aromatic nitrogens is 1. The van der Waals surface area contributed by atoms with Gasteiger partial charge in [0.1, 0.15) is 17.2 Å². The summed E-state index contributed by atoms with van der Waals surface area (Å²) in [6.07, 6.45) is 2.18. The maximum Gasteiger partial charge on any atom is 0.224 e. The number of ether oxygens (including phenoxy) is 2. The molecule has 0 saturated carbocycles. The number of rotatable bonds is 7. The van der Waals surface area contributed by atoms with Gasteiger partial charge in [-0.05, 0) is 53.6 Å². The topological polar surface area (TPSA) is 63.4 Å². The number of amides is 1. The minimum atomic E-state index is -0.0293. The zero-order valence-electron chi connectivity index (χ0n) is 16.1. The molecule has 146 valence electrons. The van der Waals surface area contributed by atoms with Gasteiger partial charge in [0.15, 0.2) is 0 Å². The number of carbonyl (C=O) groups is 1. The van der Waals surface area contributed by atoms with Crippen LogP contribution in [0.5, 0.6) is 17.2 Å². The zero-order valence-corrected chi connectivity index (χ0v) is 16.1. The molecular weight excluding hydrogens is 364 g/mol. The third kappa shape index (κ3) is 4.58. The molecule has 2 N–H and O–H groups in total. The molecule has 4 rings (SSSR count). The molecular formula is C24H22N2O3. The van der Waals surface area contributed by atoms with Gasteiger partial charge in [0.2, 0.25) is 5.91 Å². The number of H-pyrrole nitrogens is 1. The first-order valence-corrected chi connectivity index (χ1v) is 9.44. The van der Waals surface area contributed by atoms with E-state index in [0.29, 0.717) is 13.0 Å². The molecule has 0 aliphatic heterocycles. The Morgan fingerprint density at radius 3 is 2.41 bits per heavy atom. The van der Waals surface area contributed by atoms with Gasteiger partial charge in [-0.25, -0.2) is 0 Å². The quantitative estimate of drug-likeness (QED) is 0.478. The summed E-state index contributed by atoms with van der Waals surface area (Å²) in [6.45, 7) is 0.468. The Morgan fingerprint density at radius 1 is 0.931 bits per heavy atom. The maximum absolute atomic E-state index is 12.4. The molecule has 0 spiro atoms. The van der Waals surface area contributed by atoms with Gasteiger partial charge in [-0.1, -0.05) is 30.3 Å². The third-order valence-corrected chi connectivity index (χ3v) is 4.72. The van der Waals surface area contributed by atoms with Crippen molar-refractivity contribution < 1.29 is 14.3 Å². The molecule has 0 aliphatic carbocycles. The van der Waals surface area contributed by atoms with Crippen LogP contribution in [-0.2, 0) is 17.8 Å². The van der Waals surface area contributed by atoms with E-state index in [1.165, 1.54) is 0 Å². The van der Waals surface area contributed by atoms with Crippen molar-refractivity contribution in [2.24, 2.45) is 0 Å². The van der Waals surface area contributed by atoms with Crippen LogP contribution in [0, 0.1) is 0 Å². The monoisotopic (exact) mass is 386 g/mol. The highest BCUT2D eigenvalue weighted by Gasteiger charge is 2.10. The molecule has 0 fully saturated rings. The van der Waals surface area contributed by atoms with Crippen LogP contribution in [0.25, 0.3) is 10.9 Å². The summed E-state index contributed by atoms with van der Waals surface area (Å²) >= 11 is 0. The Morgan fingerprint density at radius 2 is 1.66 bits per heavy atom. The molecule has 4 aromatic rings. The lowest BCUT2D eigenvalue weighted by molar-refractivity contribution is -0.120. The fourth-order valence-corrected chi connectivity index (χ4v) is 3.17. The van der Waals surface area contributed by atoms with Crippen LogP contribution in [0.4, 0.5) is 0 Å². The summed E-state index contributed by atoms with van der Waals surface area (Å²) in [7, 11) is 1.64. The largest absolute Gasteiger partial charge is 0.497 e. The van der Waals surface area contributed by atoms with E-state index in [1.807, 2.05) is 79.0 Å². The Kier molecular flexibility index (Phi) is 5.47. The second kappa shape index (κ2) is 8.52. The first-order chi connectivity index (χ1) is 14.2. The number of methoxy groups -OCH3 is 1. The normalized spacial score (nSPS) is 10.7. The van der Waals surface area contributed by atoms with Crippen molar-refractivity contribution in [3.05, 3.63) is 90.1 Å². The highest BCUT2D eigenvalue weighted by atomic mass is 16.5. The number of benzene rings is 3. The molecule has 0 aliphatic rings. The van der Waals surface area contributed by atoms with E-state index >= 15 is 0 Å². The smallest absolute Gasteiger partial charge is 0.224 e. The first kappa shape index (κ1) is 18.6. The fourth-order valence-electron chi connectivity index (χ4n) is 3.17. The van der Waals surface area contributed by atoms with Crippen LogP contribution in [0.1, 0.15) is 11.1 Å². The van der Waals surface area contributed by atoms with E-state index in [2.05, 4.69) is 10.3 Å². The molecule has 0 atom stereocenters. The van der Waals surface area contributed by atoms with Gasteiger partial charge in [0, 0.05) is 23.6 Å². The SMILES string of the molecule is COc1ccc2[nH]cc(CC(=O)NCc3ccc(Oc4ccccc4)cc3)c2c1. The van der Waals surface area contributed by atoms with Crippen molar-refractivity contribution >= 4 is 16.8 Å². The molecule has 0 unspecified atom stereocenters. The van der Waals surface area contributed by atoms with Crippen LogP contribution >= 0.6 is 0 Å². The average Bonchev–Trinajstić information content (AvgIpc) is 3.16. The molecule has 5 heteroatoms. The molecule has 1 amide bonds. The summed E-state index contributed by atoms with van der Waals surface area (Å²) < 4.78 is 11.1. The maximum atomic E-state index is 12.4. The lowest BCUT2D eigenvalue weighted by atomic mass is 10.1. The van der Waals surface area contributed by atoms with Gasteiger partial charge < -0.3 is 19.8 Å². The highest BCUT2D eigenvalue weighted by molar-refractivity contribution is 5.89. The van der Waals surface area contributed by atoms with Crippen molar-refractivity contribution in [1.82, 2.24) is 10.3 Å². The lowest BCUT2D eigenvalue weighted by Gasteiger charge is -2.08. The van der Waals surface area contributed by atoms with Crippen LogP contribution in [0.2, 0.25) is 0 Å². The number of hydrogen-bond acceptors (Lipinski definition) is 3.